The van der Waals surface area contributed by atoms with Crippen molar-refractivity contribution in [3.63, 3.8) is 0 Å². The van der Waals surface area contributed by atoms with E-state index in [0.29, 0.717) is 6.61 Å². The quantitative estimate of drug-likeness (QED) is 0.841. The number of hydrogen-bond donors (Lipinski definition) is 1. The van der Waals surface area contributed by atoms with Crippen LogP contribution < -0.4 is 14.8 Å². The van der Waals surface area contributed by atoms with Crippen molar-refractivity contribution < 1.29 is 9.47 Å². The molecule has 0 bridgehead atoms. The van der Waals surface area contributed by atoms with Gasteiger partial charge in [-0.15, -0.1) is 0 Å². The Bertz CT molecular complexity index is 552. The zero-order valence-electron chi connectivity index (χ0n) is 12.2. The van der Waals surface area contributed by atoms with Crippen LogP contribution in [-0.4, -0.2) is 23.4 Å². The molecule has 20 heavy (non-hydrogen) atoms. The predicted molar refractivity (Wildman–Crippen MR) is 77.9 cm³/mol. The third-order valence-corrected chi connectivity index (χ3v) is 2.99. The molecule has 0 atom stereocenters. The number of methoxy groups -OCH3 is 1. The largest absolute Gasteiger partial charge is 0.497 e. The van der Waals surface area contributed by atoms with Crippen LogP contribution in [0.2, 0.25) is 0 Å². The van der Waals surface area contributed by atoms with E-state index in [1.807, 2.05) is 37.6 Å². The minimum Gasteiger partial charge on any atom is -0.497 e. The molecule has 5 nitrogen and oxygen atoms in total. The van der Waals surface area contributed by atoms with E-state index in [-0.39, 0.29) is 0 Å². The Kier molecular flexibility index (Phi) is 5.01. The molecule has 1 aromatic carbocycles. The number of rotatable bonds is 7. The molecular formula is C15H21N3O2. The van der Waals surface area contributed by atoms with Gasteiger partial charge in [0.1, 0.15) is 18.1 Å². The van der Waals surface area contributed by atoms with Crippen LogP contribution in [0, 0.1) is 0 Å². The fraction of sp³-hybridized carbons (Fsp3) is 0.400. The Morgan fingerprint density at radius 1 is 1.35 bits per heavy atom. The SMILES string of the molecule is CCNCc1cc(OC)ccc1OCc1cnn(C)c1. The summed E-state index contributed by atoms with van der Waals surface area (Å²) in [5.41, 5.74) is 2.15. The highest BCUT2D eigenvalue weighted by Crippen LogP contribution is 2.25. The van der Waals surface area contributed by atoms with E-state index in [2.05, 4.69) is 17.3 Å². The smallest absolute Gasteiger partial charge is 0.124 e. The van der Waals surface area contributed by atoms with Gasteiger partial charge in [0.2, 0.25) is 0 Å². The maximum Gasteiger partial charge on any atom is 0.124 e. The third kappa shape index (κ3) is 3.74. The summed E-state index contributed by atoms with van der Waals surface area (Å²) in [6, 6.07) is 5.86. The zero-order valence-corrected chi connectivity index (χ0v) is 12.2. The van der Waals surface area contributed by atoms with Gasteiger partial charge in [-0.3, -0.25) is 4.68 Å². The molecule has 0 spiro atoms. The van der Waals surface area contributed by atoms with Gasteiger partial charge in [0.05, 0.1) is 13.3 Å². The number of ether oxygens (including phenoxy) is 2. The highest BCUT2D eigenvalue weighted by atomic mass is 16.5. The van der Waals surface area contributed by atoms with Gasteiger partial charge in [-0.2, -0.15) is 5.10 Å². The molecule has 0 amide bonds. The summed E-state index contributed by atoms with van der Waals surface area (Å²) in [5, 5.41) is 7.44. The second-order valence-corrected chi connectivity index (χ2v) is 4.56. The van der Waals surface area contributed by atoms with Gasteiger partial charge in [0.15, 0.2) is 0 Å². The first-order chi connectivity index (χ1) is 9.72. The first-order valence-electron chi connectivity index (χ1n) is 6.71. The van der Waals surface area contributed by atoms with E-state index < -0.39 is 0 Å². The fourth-order valence-electron chi connectivity index (χ4n) is 1.93. The van der Waals surface area contributed by atoms with Crippen molar-refractivity contribution in [2.24, 2.45) is 7.05 Å². The maximum absolute atomic E-state index is 5.88. The van der Waals surface area contributed by atoms with Crippen molar-refractivity contribution in [1.82, 2.24) is 15.1 Å². The lowest BCUT2D eigenvalue weighted by Crippen LogP contribution is -2.13. The summed E-state index contributed by atoms with van der Waals surface area (Å²) >= 11 is 0. The molecule has 0 fully saturated rings. The van der Waals surface area contributed by atoms with Crippen LogP contribution in [0.3, 0.4) is 0 Å². The lowest BCUT2D eigenvalue weighted by atomic mass is 10.2. The molecule has 2 aromatic rings. The van der Waals surface area contributed by atoms with Crippen LogP contribution in [0.4, 0.5) is 0 Å². The number of nitrogens with one attached hydrogen (secondary N) is 1. The van der Waals surface area contributed by atoms with Crippen molar-refractivity contribution in [3.8, 4) is 11.5 Å². The average Bonchev–Trinajstić information content (AvgIpc) is 2.89. The number of hydrogen-bond acceptors (Lipinski definition) is 4. The summed E-state index contributed by atoms with van der Waals surface area (Å²) in [5.74, 6) is 1.71. The summed E-state index contributed by atoms with van der Waals surface area (Å²) < 4.78 is 12.9. The first-order valence-corrected chi connectivity index (χ1v) is 6.71. The second kappa shape index (κ2) is 6.96. The third-order valence-electron chi connectivity index (χ3n) is 2.99. The predicted octanol–water partition coefficient (Wildman–Crippen LogP) is 2.12. The normalized spacial score (nSPS) is 10.6. The molecular weight excluding hydrogens is 254 g/mol. The lowest BCUT2D eigenvalue weighted by Gasteiger charge is -2.12. The molecule has 2 rings (SSSR count). The number of nitrogens with zero attached hydrogens (tertiary/aromatic N) is 2. The van der Waals surface area contributed by atoms with Gasteiger partial charge < -0.3 is 14.8 Å². The Morgan fingerprint density at radius 3 is 2.85 bits per heavy atom. The van der Waals surface area contributed by atoms with Gasteiger partial charge in [-0.05, 0) is 24.7 Å². The van der Waals surface area contributed by atoms with Crippen LogP contribution in [0.5, 0.6) is 11.5 Å². The van der Waals surface area contributed by atoms with Crippen molar-refractivity contribution >= 4 is 0 Å². The molecule has 0 radical (unpaired) electrons. The van der Waals surface area contributed by atoms with Crippen molar-refractivity contribution in [3.05, 3.63) is 41.7 Å². The van der Waals surface area contributed by atoms with Gasteiger partial charge in [-0.25, -0.2) is 0 Å². The molecule has 1 N–H and O–H groups in total. The highest BCUT2D eigenvalue weighted by Gasteiger charge is 2.06. The van der Waals surface area contributed by atoms with E-state index >= 15 is 0 Å². The Balaban J connectivity index is 2.08. The Morgan fingerprint density at radius 2 is 2.20 bits per heavy atom. The fourth-order valence-corrected chi connectivity index (χ4v) is 1.93. The molecule has 0 saturated carbocycles. The van der Waals surface area contributed by atoms with E-state index in [0.717, 1.165) is 35.7 Å². The van der Waals surface area contributed by atoms with Crippen LogP contribution in [0.15, 0.2) is 30.6 Å². The van der Waals surface area contributed by atoms with E-state index in [4.69, 9.17) is 9.47 Å². The van der Waals surface area contributed by atoms with E-state index in [1.54, 1.807) is 11.8 Å². The number of aryl methyl sites for hydroxylation is 1. The van der Waals surface area contributed by atoms with Gasteiger partial charge >= 0.3 is 0 Å². The number of benzene rings is 1. The average molecular weight is 275 g/mol. The van der Waals surface area contributed by atoms with Crippen molar-refractivity contribution in [2.45, 2.75) is 20.1 Å². The lowest BCUT2D eigenvalue weighted by molar-refractivity contribution is 0.301. The number of aromatic nitrogens is 2. The highest BCUT2D eigenvalue weighted by molar-refractivity contribution is 5.40. The molecule has 0 aliphatic heterocycles. The molecule has 0 unspecified atom stereocenters. The van der Waals surface area contributed by atoms with E-state index in [1.165, 1.54) is 0 Å². The van der Waals surface area contributed by atoms with Crippen molar-refractivity contribution in [2.75, 3.05) is 13.7 Å². The van der Waals surface area contributed by atoms with Crippen molar-refractivity contribution in [1.29, 1.82) is 0 Å². The minimum atomic E-state index is 0.513. The standard InChI is InChI=1S/C15H21N3O2/c1-4-16-9-13-7-14(19-3)5-6-15(13)20-11-12-8-17-18(2)10-12/h5-8,10,16H,4,9,11H2,1-3H3. The van der Waals surface area contributed by atoms with Crippen LogP contribution in [0.25, 0.3) is 0 Å². The molecule has 1 heterocycles. The minimum absolute atomic E-state index is 0.513. The van der Waals surface area contributed by atoms with Crippen LogP contribution in [-0.2, 0) is 20.2 Å². The van der Waals surface area contributed by atoms with Gasteiger partial charge in [0.25, 0.3) is 0 Å². The summed E-state index contributed by atoms with van der Waals surface area (Å²) in [6.07, 6.45) is 3.76. The molecule has 1 aromatic heterocycles. The maximum atomic E-state index is 5.88. The molecule has 108 valence electrons. The summed E-state index contributed by atoms with van der Waals surface area (Å²) in [4.78, 5) is 0. The van der Waals surface area contributed by atoms with E-state index in [9.17, 15) is 0 Å². The second-order valence-electron chi connectivity index (χ2n) is 4.56. The molecule has 0 aliphatic carbocycles. The molecule has 0 aliphatic rings. The van der Waals surface area contributed by atoms with Gasteiger partial charge in [-0.1, -0.05) is 6.92 Å². The Hall–Kier alpha value is -2.01. The van der Waals surface area contributed by atoms with Crippen LogP contribution in [0.1, 0.15) is 18.1 Å². The van der Waals surface area contributed by atoms with Crippen LogP contribution >= 0.6 is 0 Å². The van der Waals surface area contributed by atoms with Gasteiger partial charge in [0, 0.05) is 30.9 Å². The summed E-state index contributed by atoms with van der Waals surface area (Å²) in [6.45, 7) is 4.27. The Labute approximate surface area is 119 Å². The molecule has 0 saturated heterocycles. The topological polar surface area (TPSA) is 48.3 Å². The molecule has 5 heteroatoms. The monoisotopic (exact) mass is 275 g/mol. The summed E-state index contributed by atoms with van der Waals surface area (Å²) in [7, 11) is 3.57. The zero-order chi connectivity index (χ0) is 14.4. The first kappa shape index (κ1) is 14.4.